The van der Waals surface area contributed by atoms with Crippen molar-refractivity contribution in [2.24, 2.45) is 23.7 Å². The molecule has 0 aromatic heterocycles. The Morgan fingerprint density at radius 2 is 1.40 bits per heavy atom. The van der Waals surface area contributed by atoms with E-state index < -0.39 is 6.17 Å². The Bertz CT molecular complexity index is 194. The standard InChI is InChI=1S/C14H25F/c1-10-3-6-12(7-4-10)13-8-5-11(2)14(15)9-13/h10-14H,3-9H2,1-2H3. The number of alkyl halides is 1. The van der Waals surface area contributed by atoms with E-state index in [0.29, 0.717) is 11.8 Å². The normalized spacial score (nSPS) is 47.8. The zero-order chi connectivity index (χ0) is 10.8. The molecule has 0 radical (unpaired) electrons. The summed E-state index contributed by atoms with van der Waals surface area (Å²) < 4.78 is 13.7. The van der Waals surface area contributed by atoms with Crippen molar-refractivity contribution in [3.63, 3.8) is 0 Å². The summed E-state index contributed by atoms with van der Waals surface area (Å²) in [4.78, 5) is 0. The molecule has 0 amide bonds. The molecule has 2 saturated carbocycles. The van der Waals surface area contributed by atoms with Gasteiger partial charge in [-0.25, -0.2) is 4.39 Å². The van der Waals surface area contributed by atoms with Gasteiger partial charge in [-0.05, 0) is 55.8 Å². The van der Waals surface area contributed by atoms with Crippen molar-refractivity contribution in [2.75, 3.05) is 0 Å². The van der Waals surface area contributed by atoms with Crippen molar-refractivity contribution in [3.8, 4) is 0 Å². The van der Waals surface area contributed by atoms with Crippen molar-refractivity contribution in [1.82, 2.24) is 0 Å². The summed E-state index contributed by atoms with van der Waals surface area (Å²) in [6.07, 6.45) is 8.27. The van der Waals surface area contributed by atoms with Crippen LogP contribution < -0.4 is 0 Å². The quantitative estimate of drug-likeness (QED) is 0.596. The van der Waals surface area contributed by atoms with Crippen LogP contribution in [0.4, 0.5) is 4.39 Å². The predicted octanol–water partition coefficient (Wildman–Crippen LogP) is 4.59. The van der Waals surface area contributed by atoms with Crippen LogP contribution in [-0.2, 0) is 0 Å². The van der Waals surface area contributed by atoms with Gasteiger partial charge in [0.15, 0.2) is 0 Å². The molecule has 2 aliphatic rings. The lowest BCUT2D eigenvalue weighted by molar-refractivity contribution is 0.0854. The third-order valence-electron chi connectivity index (χ3n) is 4.87. The average Bonchev–Trinajstić information content (AvgIpc) is 2.23. The third kappa shape index (κ3) is 2.73. The molecule has 3 atom stereocenters. The van der Waals surface area contributed by atoms with E-state index in [2.05, 4.69) is 13.8 Å². The Hall–Kier alpha value is -0.0700. The summed E-state index contributed by atoms with van der Waals surface area (Å²) in [5.74, 6) is 2.81. The highest BCUT2D eigenvalue weighted by molar-refractivity contribution is 4.84. The minimum absolute atomic E-state index is 0.323. The van der Waals surface area contributed by atoms with Gasteiger partial charge in [-0.15, -0.1) is 0 Å². The van der Waals surface area contributed by atoms with Crippen molar-refractivity contribution < 1.29 is 4.39 Å². The number of hydrogen-bond acceptors (Lipinski definition) is 0. The highest BCUT2D eigenvalue weighted by Gasteiger charge is 2.33. The van der Waals surface area contributed by atoms with Gasteiger partial charge in [-0.1, -0.05) is 26.7 Å². The molecule has 0 heterocycles. The van der Waals surface area contributed by atoms with Gasteiger partial charge in [0.1, 0.15) is 6.17 Å². The molecule has 0 aliphatic heterocycles. The molecule has 15 heavy (non-hydrogen) atoms. The third-order valence-corrected chi connectivity index (χ3v) is 4.87. The van der Waals surface area contributed by atoms with E-state index in [1.165, 1.54) is 32.1 Å². The van der Waals surface area contributed by atoms with Crippen LogP contribution >= 0.6 is 0 Å². The van der Waals surface area contributed by atoms with Crippen molar-refractivity contribution in [1.29, 1.82) is 0 Å². The minimum Gasteiger partial charge on any atom is -0.247 e. The summed E-state index contributed by atoms with van der Waals surface area (Å²) in [6.45, 7) is 4.43. The highest BCUT2D eigenvalue weighted by Crippen LogP contribution is 2.41. The fraction of sp³-hybridized carbons (Fsp3) is 1.00. The molecule has 88 valence electrons. The molecule has 0 spiro atoms. The first-order valence-corrected chi connectivity index (χ1v) is 6.81. The molecule has 2 rings (SSSR count). The second kappa shape index (κ2) is 4.84. The lowest BCUT2D eigenvalue weighted by Crippen LogP contribution is -2.30. The Morgan fingerprint density at radius 3 is 2.00 bits per heavy atom. The largest absolute Gasteiger partial charge is 0.247 e. The highest BCUT2D eigenvalue weighted by atomic mass is 19.1. The lowest BCUT2D eigenvalue weighted by Gasteiger charge is -2.38. The molecular weight excluding hydrogens is 187 g/mol. The fourth-order valence-electron chi connectivity index (χ4n) is 3.48. The first-order valence-electron chi connectivity index (χ1n) is 6.81. The summed E-state index contributed by atoms with van der Waals surface area (Å²) >= 11 is 0. The molecule has 0 saturated heterocycles. The Balaban J connectivity index is 1.84. The zero-order valence-corrected chi connectivity index (χ0v) is 10.2. The van der Waals surface area contributed by atoms with Gasteiger partial charge in [-0.2, -0.15) is 0 Å². The van der Waals surface area contributed by atoms with E-state index >= 15 is 0 Å². The Labute approximate surface area is 93.6 Å². The molecule has 0 bridgehead atoms. The van der Waals surface area contributed by atoms with Gasteiger partial charge in [0.2, 0.25) is 0 Å². The van der Waals surface area contributed by atoms with Crippen LogP contribution in [-0.4, -0.2) is 6.17 Å². The number of rotatable bonds is 1. The van der Waals surface area contributed by atoms with Crippen LogP contribution in [0.25, 0.3) is 0 Å². The molecule has 2 aliphatic carbocycles. The zero-order valence-electron chi connectivity index (χ0n) is 10.2. The molecule has 2 fully saturated rings. The molecule has 3 unspecified atom stereocenters. The van der Waals surface area contributed by atoms with Crippen LogP contribution in [0, 0.1) is 23.7 Å². The van der Waals surface area contributed by atoms with Gasteiger partial charge in [0, 0.05) is 0 Å². The molecule has 0 N–H and O–H groups in total. The van der Waals surface area contributed by atoms with Crippen LogP contribution in [0.1, 0.15) is 58.8 Å². The summed E-state index contributed by atoms with van der Waals surface area (Å²) in [5.41, 5.74) is 0. The Kier molecular flexibility index (Phi) is 3.69. The minimum atomic E-state index is -0.511. The monoisotopic (exact) mass is 212 g/mol. The Morgan fingerprint density at radius 1 is 0.800 bits per heavy atom. The van der Waals surface area contributed by atoms with Gasteiger partial charge < -0.3 is 0 Å². The van der Waals surface area contributed by atoms with Gasteiger partial charge in [0.05, 0.1) is 0 Å². The van der Waals surface area contributed by atoms with Gasteiger partial charge in [0.25, 0.3) is 0 Å². The lowest BCUT2D eigenvalue weighted by atomic mass is 9.69. The van der Waals surface area contributed by atoms with Gasteiger partial charge >= 0.3 is 0 Å². The van der Waals surface area contributed by atoms with E-state index in [4.69, 9.17) is 0 Å². The fourth-order valence-corrected chi connectivity index (χ4v) is 3.48. The maximum atomic E-state index is 13.7. The molecule has 0 aromatic carbocycles. The van der Waals surface area contributed by atoms with E-state index in [1.807, 2.05) is 0 Å². The molecule has 0 aromatic rings. The van der Waals surface area contributed by atoms with E-state index in [9.17, 15) is 4.39 Å². The van der Waals surface area contributed by atoms with Crippen molar-refractivity contribution >= 4 is 0 Å². The maximum Gasteiger partial charge on any atom is 0.103 e. The van der Waals surface area contributed by atoms with E-state index in [-0.39, 0.29) is 0 Å². The smallest absolute Gasteiger partial charge is 0.103 e. The topological polar surface area (TPSA) is 0 Å². The number of halogens is 1. The van der Waals surface area contributed by atoms with Crippen molar-refractivity contribution in [2.45, 2.75) is 65.0 Å². The SMILES string of the molecule is CC1CCC(C2CCC(C)C(F)C2)CC1. The summed E-state index contributed by atoms with van der Waals surface area (Å²) in [5, 5.41) is 0. The average molecular weight is 212 g/mol. The summed E-state index contributed by atoms with van der Waals surface area (Å²) in [6, 6.07) is 0. The second-order valence-electron chi connectivity index (χ2n) is 6.09. The van der Waals surface area contributed by atoms with Crippen LogP contribution in [0.3, 0.4) is 0 Å². The van der Waals surface area contributed by atoms with Crippen LogP contribution in [0.2, 0.25) is 0 Å². The van der Waals surface area contributed by atoms with Crippen LogP contribution in [0.5, 0.6) is 0 Å². The summed E-state index contributed by atoms with van der Waals surface area (Å²) in [7, 11) is 0. The number of hydrogen-bond donors (Lipinski definition) is 0. The van der Waals surface area contributed by atoms with Crippen LogP contribution in [0.15, 0.2) is 0 Å². The van der Waals surface area contributed by atoms with Gasteiger partial charge in [-0.3, -0.25) is 0 Å². The second-order valence-corrected chi connectivity index (χ2v) is 6.09. The van der Waals surface area contributed by atoms with E-state index in [1.54, 1.807) is 0 Å². The predicted molar refractivity (Wildman–Crippen MR) is 62.5 cm³/mol. The van der Waals surface area contributed by atoms with E-state index in [0.717, 1.165) is 24.7 Å². The van der Waals surface area contributed by atoms with Crippen molar-refractivity contribution in [3.05, 3.63) is 0 Å². The first kappa shape index (κ1) is 11.4. The first-order chi connectivity index (χ1) is 7.16. The molecular formula is C14H25F. The molecule has 0 nitrogen and oxygen atoms in total. The maximum absolute atomic E-state index is 13.7. The molecule has 1 heteroatoms.